The number of nitrogens with one attached hydrogen (secondary N) is 5. The lowest BCUT2D eigenvalue weighted by molar-refractivity contribution is -0.128. The molecule has 0 radical (unpaired) electrons. The smallest absolute Gasteiger partial charge is 0.243 e. The molecule has 232 valence electrons. The Morgan fingerprint density at radius 3 is 2.50 bits per heavy atom. The van der Waals surface area contributed by atoms with E-state index >= 15 is 0 Å². The number of likely N-dealkylation sites (N-methyl/N-ethyl adjacent to an activating group) is 1. The summed E-state index contributed by atoms with van der Waals surface area (Å²) in [5.74, 6) is 1.10. The minimum atomic E-state index is -0.222. The Hall–Kier alpha value is -0.820. The average molecular weight is 587 g/mol. The molecule has 1 heterocycles. The van der Waals surface area contributed by atoms with Crippen LogP contribution in [0.25, 0.3) is 0 Å². The number of carbonyl (C=O) groups excluding carboxylic acids is 1. The number of nitrogens with zero attached hydrogens (tertiary/aromatic N) is 1. The van der Waals surface area contributed by atoms with Gasteiger partial charge in [0, 0.05) is 45.8 Å². The van der Waals surface area contributed by atoms with Crippen LogP contribution < -0.4 is 26.6 Å². The second-order valence-electron chi connectivity index (χ2n) is 12.3. The first kappa shape index (κ1) is 33.7. The van der Waals surface area contributed by atoms with Gasteiger partial charge in [0.05, 0.1) is 42.5 Å². The third-order valence-corrected chi connectivity index (χ3v) is 9.06. The molecule has 5 N–H and O–H groups in total. The van der Waals surface area contributed by atoms with E-state index in [1.165, 1.54) is 31.8 Å². The summed E-state index contributed by atoms with van der Waals surface area (Å²) >= 11 is 6.79. The molecule has 0 spiro atoms. The predicted molar refractivity (Wildman–Crippen MR) is 160 cm³/mol. The Kier molecular flexibility index (Phi) is 14.1. The number of amides is 1. The lowest BCUT2D eigenvalue weighted by Crippen LogP contribution is -2.72. The number of methoxy groups -OCH3 is 2. The Bertz CT molecular complexity index is 777. The SMILES string of the molecule is C=CC(=O)NC1CC(NC2NCC(Cl)C(NC3CCCCC3C(C)C)N2)C(OC)CC1O[C@@H](COC)CN(C)C. The summed E-state index contributed by atoms with van der Waals surface area (Å²) in [4.78, 5) is 14.5. The number of hydrogen-bond acceptors (Lipinski definition) is 9. The summed E-state index contributed by atoms with van der Waals surface area (Å²) in [5, 5.41) is 17.8. The van der Waals surface area contributed by atoms with Gasteiger partial charge in [-0.1, -0.05) is 33.3 Å². The van der Waals surface area contributed by atoms with Gasteiger partial charge in [0.2, 0.25) is 5.91 Å². The fourth-order valence-corrected chi connectivity index (χ4v) is 6.88. The van der Waals surface area contributed by atoms with Crippen molar-refractivity contribution in [2.24, 2.45) is 11.8 Å². The standard InChI is InChI=1S/C29H55ClN6O4/c1-8-27(37)32-24-13-23(25(39-7)14-26(24)40-19(17-38-6)16-36(4)5)34-29-31-15-21(30)28(35-29)33-22-12-10-9-11-20(22)18(2)3/h8,18-26,28-29,31,33-35H,1,9-17H2,2-7H3,(H,32,37)/t19-,20?,21?,22?,23?,24?,25?,26?,28?,29?/m1/s1. The van der Waals surface area contributed by atoms with Crippen LogP contribution >= 0.6 is 11.6 Å². The van der Waals surface area contributed by atoms with Crippen LogP contribution in [0.4, 0.5) is 0 Å². The van der Waals surface area contributed by atoms with Gasteiger partial charge in [-0.15, -0.1) is 11.6 Å². The van der Waals surface area contributed by atoms with Gasteiger partial charge < -0.3 is 24.4 Å². The number of ether oxygens (including phenoxy) is 3. The van der Waals surface area contributed by atoms with Gasteiger partial charge in [-0.3, -0.25) is 26.1 Å². The van der Waals surface area contributed by atoms with E-state index in [0.29, 0.717) is 50.4 Å². The molecule has 10 atom stereocenters. The average Bonchev–Trinajstić information content (AvgIpc) is 2.91. The molecule has 1 saturated heterocycles. The van der Waals surface area contributed by atoms with Crippen molar-refractivity contribution < 1.29 is 19.0 Å². The van der Waals surface area contributed by atoms with Crippen LogP contribution in [0.5, 0.6) is 0 Å². The number of alkyl halides is 1. The predicted octanol–water partition coefficient (Wildman–Crippen LogP) is 1.60. The fraction of sp³-hybridized carbons (Fsp3) is 0.897. The normalized spacial score (nSPS) is 36.0. The van der Waals surface area contributed by atoms with Crippen molar-refractivity contribution in [3.8, 4) is 0 Å². The van der Waals surface area contributed by atoms with E-state index in [0.717, 1.165) is 0 Å². The van der Waals surface area contributed by atoms with E-state index in [4.69, 9.17) is 25.8 Å². The van der Waals surface area contributed by atoms with Gasteiger partial charge >= 0.3 is 0 Å². The van der Waals surface area contributed by atoms with Crippen molar-refractivity contribution in [3.63, 3.8) is 0 Å². The zero-order valence-electron chi connectivity index (χ0n) is 25.5. The van der Waals surface area contributed by atoms with E-state index in [2.05, 4.69) is 51.9 Å². The molecule has 2 aliphatic carbocycles. The van der Waals surface area contributed by atoms with E-state index in [-0.39, 0.29) is 54.1 Å². The highest BCUT2D eigenvalue weighted by Crippen LogP contribution is 2.31. The number of rotatable bonds is 14. The molecular formula is C29H55ClN6O4. The first-order valence-corrected chi connectivity index (χ1v) is 15.5. The first-order valence-electron chi connectivity index (χ1n) is 15.1. The highest BCUT2D eigenvalue weighted by atomic mass is 35.5. The summed E-state index contributed by atoms with van der Waals surface area (Å²) in [6.45, 7) is 10.2. The summed E-state index contributed by atoms with van der Waals surface area (Å²) in [5.41, 5.74) is 0. The minimum absolute atomic E-state index is 0.0115. The lowest BCUT2D eigenvalue weighted by atomic mass is 9.77. The van der Waals surface area contributed by atoms with Crippen LogP contribution in [0.1, 0.15) is 52.4 Å². The molecule has 3 rings (SSSR count). The summed E-state index contributed by atoms with van der Waals surface area (Å²) in [6, 6.07) is 0.236. The Morgan fingerprint density at radius 1 is 1.10 bits per heavy atom. The third-order valence-electron chi connectivity index (χ3n) is 8.65. The zero-order valence-corrected chi connectivity index (χ0v) is 26.2. The van der Waals surface area contributed by atoms with Crippen LogP contribution in [-0.2, 0) is 19.0 Å². The molecule has 1 aliphatic heterocycles. The molecule has 9 unspecified atom stereocenters. The molecule has 3 fully saturated rings. The maximum Gasteiger partial charge on any atom is 0.243 e. The van der Waals surface area contributed by atoms with Gasteiger partial charge in [0.25, 0.3) is 0 Å². The van der Waals surface area contributed by atoms with Crippen LogP contribution in [0.2, 0.25) is 0 Å². The second kappa shape index (κ2) is 16.7. The third kappa shape index (κ3) is 9.88. The van der Waals surface area contributed by atoms with Crippen LogP contribution in [0.3, 0.4) is 0 Å². The van der Waals surface area contributed by atoms with Gasteiger partial charge in [0.15, 0.2) is 0 Å². The highest BCUT2D eigenvalue weighted by molar-refractivity contribution is 6.21. The van der Waals surface area contributed by atoms with Crippen molar-refractivity contribution in [2.75, 3.05) is 48.0 Å². The van der Waals surface area contributed by atoms with Crippen molar-refractivity contribution in [1.82, 2.24) is 31.5 Å². The van der Waals surface area contributed by atoms with E-state index in [1.54, 1.807) is 14.2 Å². The zero-order chi connectivity index (χ0) is 29.2. The Morgan fingerprint density at radius 2 is 1.85 bits per heavy atom. The van der Waals surface area contributed by atoms with Crippen LogP contribution in [0, 0.1) is 11.8 Å². The quantitative estimate of drug-likeness (QED) is 0.153. The maximum absolute atomic E-state index is 12.4. The monoisotopic (exact) mass is 586 g/mol. The topological polar surface area (TPSA) is 108 Å². The number of hydrogen-bond donors (Lipinski definition) is 5. The largest absolute Gasteiger partial charge is 0.382 e. The molecule has 2 saturated carbocycles. The summed E-state index contributed by atoms with van der Waals surface area (Å²) in [7, 11) is 7.44. The fourth-order valence-electron chi connectivity index (χ4n) is 6.65. The molecule has 3 aliphatic rings. The molecule has 10 nitrogen and oxygen atoms in total. The Balaban J connectivity index is 1.67. The van der Waals surface area contributed by atoms with Crippen LogP contribution in [0.15, 0.2) is 12.7 Å². The molecule has 0 aromatic rings. The van der Waals surface area contributed by atoms with Crippen molar-refractivity contribution in [1.29, 1.82) is 0 Å². The van der Waals surface area contributed by atoms with Gasteiger partial charge in [0.1, 0.15) is 6.29 Å². The van der Waals surface area contributed by atoms with Crippen molar-refractivity contribution in [2.45, 2.75) is 107 Å². The second-order valence-corrected chi connectivity index (χ2v) is 12.9. The summed E-state index contributed by atoms with van der Waals surface area (Å²) in [6.07, 6.45) is 7.01. The molecular weight excluding hydrogens is 532 g/mol. The number of carbonyl (C=O) groups is 1. The highest BCUT2D eigenvalue weighted by Gasteiger charge is 2.42. The van der Waals surface area contributed by atoms with E-state index in [9.17, 15) is 4.79 Å². The first-order chi connectivity index (χ1) is 19.1. The molecule has 40 heavy (non-hydrogen) atoms. The van der Waals surface area contributed by atoms with Crippen molar-refractivity contribution in [3.05, 3.63) is 12.7 Å². The summed E-state index contributed by atoms with van der Waals surface area (Å²) < 4.78 is 17.9. The van der Waals surface area contributed by atoms with Crippen molar-refractivity contribution >= 4 is 17.5 Å². The van der Waals surface area contributed by atoms with Gasteiger partial charge in [-0.05, 0) is 51.3 Å². The number of halogens is 1. The lowest BCUT2D eigenvalue weighted by Gasteiger charge is -2.46. The molecule has 0 aromatic heterocycles. The molecule has 0 bridgehead atoms. The maximum atomic E-state index is 12.4. The molecule has 0 aromatic carbocycles. The molecule has 11 heteroatoms. The van der Waals surface area contributed by atoms with E-state index in [1.807, 2.05) is 14.1 Å². The minimum Gasteiger partial charge on any atom is -0.382 e. The van der Waals surface area contributed by atoms with E-state index < -0.39 is 0 Å². The van der Waals surface area contributed by atoms with Gasteiger partial charge in [-0.25, -0.2) is 0 Å². The Labute approximate surface area is 247 Å². The molecule has 1 amide bonds. The van der Waals surface area contributed by atoms with Crippen LogP contribution in [-0.4, -0.2) is 113 Å². The van der Waals surface area contributed by atoms with Gasteiger partial charge in [-0.2, -0.15) is 0 Å².